The maximum absolute atomic E-state index is 12.3. The molecule has 2 aromatic carbocycles. The molecule has 2 aromatic rings. The minimum atomic E-state index is -3.89. The maximum atomic E-state index is 12.3. The Bertz CT molecular complexity index is 801. The van der Waals surface area contributed by atoms with E-state index in [4.69, 9.17) is 9.44 Å². The second-order valence-corrected chi connectivity index (χ2v) is 8.10. The van der Waals surface area contributed by atoms with Crippen molar-refractivity contribution in [2.45, 2.75) is 11.8 Å². The van der Waals surface area contributed by atoms with Gasteiger partial charge in [-0.3, -0.25) is 0 Å². The summed E-state index contributed by atoms with van der Waals surface area (Å²) in [7, 11) is -3.89. The molecule has 0 heterocycles. The first-order valence-corrected chi connectivity index (χ1v) is 9.30. The summed E-state index contributed by atoms with van der Waals surface area (Å²) in [4.78, 5) is 0.101. The molecule has 4 nitrogen and oxygen atoms in total. The highest BCUT2D eigenvalue weighted by Gasteiger charge is 2.20. The average molecular weight is 525 g/mol. The molecular weight excluding hydrogens is 516 g/mol. The van der Waals surface area contributed by atoms with Crippen LogP contribution in [0.3, 0.4) is 0 Å². The van der Waals surface area contributed by atoms with Gasteiger partial charge in [0.05, 0.1) is 18.8 Å². The summed E-state index contributed by atoms with van der Waals surface area (Å²) < 4.78 is 30.9. The number of hydrogen-bond acceptors (Lipinski definition) is 4. The fraction of sp³-hybridized carbons (Fsp3) is 0.0714. The van der Waals surface area contributed by atoms with Gasteiger partial charge < -0.3 is 4.18 Å². The molecule has 0 aromatic heterocycles. The van der Waals surface area contributed by atoms with Crippen molar-refractivity contribution in [3.63, 3.8) is 0 Å². The number of nitriles is 1. The standard InChI is InChI=1S/C14H9I2NO3S/c1-9-2-4-11(5-3-9)21(18,19)20-14-12(15)6-10(8-17)7-13(14)16/h2-7H,1H3. The molecule has 0 atom stereocenters. The lowest BCUT2D eigenvalue weighted by atomic mass is 10.2. The molecule has 0 bridgehead atoms. The van der Waals surface area contributed by atoms with Crippen LogP contribution in [0.25, 0.3) is 0 Å². The van der Waals surface area contributed by atoms with Gasteiger partial charge in [0.15, 0.2) is 5.75 Å². The van der Waals surface area contributed by atoms with E-state index in [0.717, 1.165) is 5.56 Å². The average Bonchev–Trinajstić information content (AvgIpc) is 2.43. The summed E-state index contributed by atoms with van der Waals surface area (Å²) in [6.07, 6.45) is 0. The van der Waals surface area contributed by atoms with E-state index in [1.54, 1.807) is 24.3 Å². The van der Waals surface area contributed by atoms with Crippen molar-refractivity contribution < 1.29 is 12.6 Å². The van der Waals surface area contributed by atoms with Gasteiger partial charge in [0.1, 0.15) is 4.90 Å². The van der Waals surface area contributed by atoms with E-state index in [1.807, 2.05) is 58.2 Å². The zero-order chi connectivity index (χ0) is 15.6. The van der Waals surface area contributed by atoms with Crippen LogP contribution in [0.2, 0.25) is 0 Å². The van der Waals surface area contributed by atoms with Gasteiger partial charge in [-0.05, 0) is 76.4 Å². The minimum absolute atomic E-state index is 0.101. The fourth-order valence-electron chi connectivity index (χ4n) is 1.57. The topological polar surface area (TPSA) is 67.2 Å². The van der Waals surface area contributed by atoms with Crippen molar-refractivity contribution in [3.8, 4) is 11.8 Å². The molecule has 0 saturated heterocycles. The van der Waals surface area contributed by atoms with Crippen molar-refractivity contribution in [2.75, 3.05) is 0 Å². The summed E-state index contributed by atoms with van der Waals surface area (Å²) in [5.74, 6) is 0.246. The number of rotatable bonds is 3. The predicted octanol–water partition coefficient (Wildman–Crippen LogP) is 3.84. The highest BCUT2D eigenvalue weighted by molar-refractivity contribution is 14.1. The van der Waals surface area contributed by atoms with Crippen LogP contribution < -0.4 is 4.18 Å². The molecule has 0 N–H and O–H groups in total. The molecular formula is C14H9I2NO3S. The minimum Gasteiger partial charge on any atom is -0.377 e. The van der Waals surface area contributed by atoms with Gasteiger partial charge >= 0.3 is 10.1 Å². The number of halogens is 2. The molecule has 0 saturated carbocycles. The third-order valence-corrected chi connectivity index (χ3v) is 5.47. The largest absolute Gasteiger partial charge is 0.377 e. The Labute approximate surface area is 150 Å². The zero-order valence-corrected chi connectivity index (χ0v) is 15.9. The van der Waals surface area contributed by atoms with E-state index in [2.05, 4.69) is 0 Å². The van der Waals surface area contributed by atoms with Crippen LogP contribution in [0.4, 0.5) is 0 Å². The predicted molar refractivity (Wildman–Crippen MR) is 95.6 cm³/mol. The van der Waals surface area contributed by atoms with Crippen molar-refractivity contribution in [3.05, 3.63) is 54.7 Å². The first-order chi connectivity index (χ1) is 9.83. The molecule has 0 aliphatic rings. The van der Waals surface area contributed by atoms with Gasteiger partial charge in [0.2, 0.25) is 0 Å². The van der Waals surface area contributed by atoms with Gasteiger partial charge in [0, 0.05) is 0 Å². The summed E-state index contributed by atoms with van der Waals surface area (Å²) >= 11 is 3.91. The van der Waals surface area contributed by atoms with Crippen LogP contribution in [-0.4, -0.2) is 8.42 Å². The molecule has 0 aliphatic heterocycles. The Balaban J connectivity index is 2.42. The fourth-order valence-corrected chi connectivity index (χ4v) is 4.82. The molecule has 21 heavy (non-hydrogen) atoms. The Hall–Kier alpha value is -0.860. The highest BCUT2D eigenvalue weighted by Crippen LogP contribution is 2.31. The Morgan fingerprint density at radius 3 is 2.10 bits per heavy atom. The van der Waals surface area contributed by atoms with Gasteiger partial charge in [-0.1, -0.05) is 17.7 Å². The maximum Gasteiger partial charge on any atom is 0.339 e. The lowest BCUT2D eigenvalue weighted by Gasteiger charge is -2.11. The second kappa shape index (κ2) is 6.50. The van der Waals surface area contributed by atoms with Crippen LogP contribution in [0, 0.1) is 25.4 Å². The smallest absolute Gasteiger partial charge is 0.339 e. The van der Waals surface area contributed by atoms with E-state index in [1.165, 1.54) is 12.1 Å². The number of benzene rings is 2. The first-order valence-electron chi connectivity index (χ1n) is 5.74. The molecule has 0 unspecified atom stereocenters. The van der Waals surface area contributed by atoms with Crippen LogP contribution >= 0.6 is 45.2 Å². The van der Waals surface area contributed by atoms with Gasteiger partial charge in [-0.25, -0.2) is 0 Å². The number of hydrogen-bond donors (Lipinski definition) is 0. The van der Waals surface area contributed by atoms with Crippen molar-refractivity contribution in [2.24, 2.45) is 0 Å². The highest BCUT2D eigenvalue weighted by atomic mass is 127. The molecule has 0 amide bonds. The monoisotopic (exact) mass is 525 g/mol. The third-order valence-electron chi connectivity index (χ3n) is 2.63. The SMILES string of the molecule is Cc1ccc(S(=O)(=O)Oc2c(I)cc(C#N)cc2I)cc1. The number of aryl methyl sites for hydroxylation is 1. The second-order valence-electron chi connectivity index (χ2n) is 4.23. The lowest BCUT2D eigenvalue weighted by molar-refractivity contribution is 0.482. The lowest BCUT2D eigenvalue weighted by Crippen LogP contribution is -2.11. The quantitative estimate of drug-likeness (QED) is 0.452. The molecule has 0 spiro atoms. The summed E-state index contributed by atoms with van der Waals surface area (Å²) in [5, 5.41) is 8.90. The summed E-state index contributed by atoms with van der Waals surface area (Å²) in [6.45, 7) is 1.88. The van der Waals surface area contributed by atoms with Crippen LogP contribution in [0.1, 0.15) is 11.1 Å². The normalized spacial score (nSPS) is 11.0. The Kier molecular flexibility index (Phi) is 5.11. The summed E-state index contributed by atoms with van der Waals surface area (Å²) in [6, 6.07) is 11.6. The first kappa shape index (κ1) is 16.5. The number of nitrogens with zero attached hydrogens (tertiary/aromatic N) is 1. The Morgan fingerprint density at radius 2 is 1.62 bits per heavy atom. The van der Waals surface area contributed by atoms with Gasteiger partial charge in [0.25, 0.3) is 0 Å². The Morgan fingerprint density at radius 1 is 1.10 bits per heavy atom. The molecule has 0 radical (unpaired) electrons. The molecule has 108 valence electrons. The van der Waals surface area contributed by atoms with Crippen LogP contribution in [0.5, 0.6) is 5.75 Å². The molecule has 0 aliphatic carbocycles. The third kappa shape index (κ3) is 3.87. The molecule has 7 heteroatoms. The van der Waals surface area contributed by atoms with Crippen molar-refractivity contribution in [1.29, 1.82) is 5.26 Å². The van der Waals surface area contributed by atoms with E-state index in [0.29, 0.717) is 12.7 Å². The molecule has 2 rings (SSSR count). The van der Waals surface area contributed by atoms with E-state index < -0.39 is 10.1 Å². The van der Waals surface area contributed by atoms with Crippen molar-refractivity contribution >= 4 is 55.3 Å². The van der Waals surface area contributed by atoms with Crippen LogP contribution in [-0.2, 0) is 10.1 Å². The molecule has 0 fully saturated rings. The van der Waals surface area contributed by atoms with E-state index in [9.17, 15) is 8.42 Å². The van der Waals surface area contributed by atoms with Gasteiger partial charge in [-0.15, -0.1) is 0 Å². The van der Waals surface area contributed by atoms with Crippen molar-refractivity contribution in [1.82, 2.24) is 0 Å². The van der Waals surface area contributed by atoms with Crippen LogP contribution in [0.15, 0.2) is 41.3 Å². The van der Waals surface area contributed by atoms with E-state index >= 15 is 0 Å². The zero-order valence-electron chi connectivity index (χ0n) is 10.8. The van der Waals surface area contributed by atoms with Gasteiger partial charge in [-0.2, -0.15) is 13.7 Å². The van der Waals surface area contributed by atoms with E-state index in [-0.39, 0.29) is 10.6 Å². The summed E-state index contributed by atoms with van der Waals surface area (Å²) in [5.41, 5.74) is 1.43.